The molecule has 0 nitrogen and oxygen atoms in total. The lowest BCUT2D eigenvalue weighted by Gasteiger charge is -2.19. The molecule has 0 aliphatic rings. The van der Waals surface area contributed by atoms with Crippen LogP contribution in [0.4, 0.5) is 0 Å². The summed E-state index contributed by atoms with van der Waals surface area (Å²) in [4.78, 5) is 0. The fourth-order valence-corrected chi connectivity index (χ4v) is 4.73. The topological polar surface area (TPSA) is 0 Å². The normalized spacial score (nSPS) is 12.3. The van der Waals surface area contributed by atoms with E-state index in [9.17, 15) is 0 Å². The standard InChI is InChI=1S/C25H16/c1-2-5-17-14-18-11-10-15-6-3-8-20-21-9-4-7-16-12-13-19(17)25(23(16)21)24(18)22(15)20/h2-4,6-14H,1,5H2. The van der Waals surface area contributed by atoms with Crippen LogP contribution in [-0.2, 0) is 6.42 Å². The van der Waals surface area contributed by atoms with Crippen LogP contribution in [0.25, 0.3) is 53.9 Å². The van der Waals surface area contributed by atoms with Gasteiger partial charge in [-0.15, -0.1) is 6.58 Å². The smallest absolute Gasteiger partial charge is 0.00112 e. The van der Waals surface area contributed by atoms with Crippen LogP contribution in [0.15, 0.2) is 79.4 Å². The third kappa shape index (κ3) is 1.52. The molecule has 116 valence electrons. The number of benzene rings is 6. The third-order valence-corrected chi connectivity index (χ3v) is 5.70. The van der Waals surface area contributed by atoms with E-state index in [1.807, 2.05) is 6.08 Å². The van der Waals surface area contributed by atoms with Gasteiger partial charge in [0.1, 0.15) is 0 Å². The van der Waals surface area contributed by atoms with Gasteiger partial charge in [0.2, 0.25) is 0 Å². The summed E-state index contributed by atoms with van der Waals surface area (Å²) in [6.07, 6.45) is 2.91. The summed E-state index contributed by atoms with van der Waals surface area (Å²) in [5.74, 6) is 0. The number of hydrogen-bond donors (Lipinski definition) is 0. The van der Waals surface area contributed by atoms with Crippen LogP contribution < -0.4 is 0 Å². The molecule has 0 unspecified atom stereocenters. The zero-order valence-corrected chi connectivity index (χ0v) is 13.8. The lowest BCUT2D eigenvalue weighted by molar-refractivity contribution is 1.32. The van der Waals surface area contributed by atoms with Crippen LogP contribution in [0.1, 0.15) is 5.56 Å². The Kier molecular flexibility index (Phi) is 2.37. The Hall–Kier alpha value is -3.12. The lowest BCUT2D eigenvalue weighted by Crippen LogP contribution is -1.93. The minimum Gasteiger partial charge on any atom is -0.103 e. The highest BCUT2D eigenvalue weighted by Gasteiger charge is 2.17. The average molecular weight is 316 g/mol. The molecule has 0 saturated carbocycles. The minimum atomic E-state index is 0.903. The second-order valence-electron chi connectivity index (χ2n) is 6.99. The van der Waals surface area contributed by atoms with Crippen molar-refractivity contribution in [2.45, 2.75) is 6.42 Å². The molecule has 0 heterocycles. The molecule has 0 fully saturated rings. The Bertz CT molecular complexity index is 1420. The molecule has 0 saturated heterocycles. The second kappa shape index (κ2) is 4.49. The summed E-state index contributed by atoms with van der Waals surface area (Å²) in [6, 6.07) is 24.8. The summed E-state index contributed by atoms with van der Waals surface area (Å²) >= 11 is 0. The van der Waals surface area contributed by atoms with E-state index in [2.05, 4.69) is 73.3 Å². The Labute approximate surface area is 145 Å². The van der Waals surface area contributed by atoms with E-state index in [-0.39, 0.29) is 0 Å². The molecule has 0 N–H and O–H groups in total. The van der Waals surface area contributed by atoms with Crippen LogP contribution in [0, 0.1) is 0 Å². The molecule has 0 amide bonds. The van der Waals surface area contributed by atoms with Gasteiger partial charge in [-0.2, -0.15) is 0 Å². The molecule has 0 radical (unpaired) electrons. The molecule has 0 aliphatic carbocycles. The highest BCUT2D eigenvalue weighted by atomic mass is 14.2. The van der Waals surface area contributed by atoms with E-state index >= 15 is 0 Å². The average Bonchev–Trinajstić information content (AvgIpc) is 2.66. The summed E-state index contributed by atoms with van der Waals surface area (Å²) < 4.78 is 0. The predicted octanol–water partition coefficient (Wildman–Crippen LogP) is 7.06. The molecular weight excluding hydrogens is 300 g/mol. The van der Waals surface area contributed by atoms with E-state index in [0.29, 0.717) is 0 Å². The monoisotopic (exact) mass is 316 g/mol. The Morgan fingerprint density at radius 2 is 1.24 bits per heavy atom. The lowest BCUT2D eigenvalue weighted by atomic mass is 9.84. The largest absolute Gasteiger partial charge is 0.103 e. The maximum absolute atomic E-state index is 3.96. The first-order valence-corrected chi connectivity index (χ1v) is 8.81. The Balaban J connectivity index is 2.09. The van der Waals surface area contributed by atoms with Crippen LogP contribution in [0.3, 0.4) is 0 Å². The summed E-state index contributed by atoms with van der Waals surface area (Å²) in [7, 11) is 0. The van der Waals surface area contributed by atoms with Gasteiger partial charge in [0.05, 0.1) is 0 Å². The highest BCUT2D eigenvalue weighted by molar-refractivity contribution is 6.39. The van der Waals surface area contributed by atoms with Crippen molar-refractivity contribution in [1.82, 2.24) is 0 Å². The van der Waals surface area contributed by atoms with Gasteiger partial charge in [-0.25, -0.2) is 0 Å². The van der Waals surface area contributed by atoms with Crippen molar-refractivity contribution < 1.29 is 0 Å². The number of hydrogen-bond acceptors (Lipinski definition) is 0. The maximum Gasteiger partial charge on any atom is -0.00112 e. The SMILES string of the molecule is C=CCc1cc2ccc3cccc4c5cccc6ccc1c(c65)c2c34. The quantitative estimate of drug-likeness (QED) is 0.182. The number of rotatable bonds is 2. The van der Waals surface area contributed by atoms with Crippen molar-refractivity contribution in [2.24, 2.45) is 0 Å². The first-order chi connectivity index (χ1) is 12.4. The minimum absolute atomic E-state index is 0.903. The first kappa shape index (κ1) is 13.2. The van der Waals surface area contributed by atoms with Gasteiger partial charge >= 0.3 is 0 Å². The van der Waals surface area contributed by atoms with Crippen LogP contribution in [0.5, 0.6) is 0 Å². The third-order valence-electron chi connectivity index (χ3n) is 5.70. The van der Waals surface area contributed by atoms with Crippen molar-refractivity contribution in [2.75, 3.05) is 0 Å². The molecule has 0 spiro atoms. The van der Waals surface area contributed by atoms with Gasteiger partial charge < -0.3 is 0 Å². The van der Waals surface area contributed by atoms with E-state index in [0.717, 1.165) is 6.42 Å². The van der Waals surface area contributed by atoms with Gasteiger partial charge in [-0.05, 0) is 65.8 Å². The van der Waals surface area contributed by atoms with Gasteiger partial charge in [0, 0.05) is 0 Å². The maximum atomic E-state index is 3.96. The van der Waals surface area contributed by atoms with Gasteiger partial charge in [-0.3, -0.25) is 0 Å². The fourth-order valence-electron chi connectivity index (χ4n) is 4.73. The van der Waals surface area contributed by atoms with E-state index in [1.165, 1.54) is 59.4 Å². The van der Waals surface area contributed by atoms with Crippen molar-refractivity contribution in [1.29, 1.82) is 0 Å². The van der Waals surface area contributed by atoms with Crippen LogP contribution in [0.2, 0.25) is 0 Å². The molecule has 6 aromatic carbocycles. The molecular formula is C25H16. The van der Waals surface area contributed by atoms with Gasteiger partial charge in [-0.1, -0.05) is 72.8 Å². The van der Waals surface area contributed by atoms with E-state index in [1.54, 1.807) is 0 Å². The molecule has 0 heteroatoms. The van der Waals surface area contributed by atoms with Crippen molar-refractivity contribution in [3.05, 3.63) is 84.9 Å². The van der Waals surface area contributed by atoms with Crippen molar-refractivity contribution in [3.63, 3.8) is 0 Å². The van der Waals surface area contributed by atoms with Crippen LogP contribution in [-0.4, -0.2) is 0 Å². The molecule has 0 aromatic heterocycles. The number of fused-ring (bicyclic) bond motifs is 1. The Morgan fingerprint density at radius 1 is 0.600 bits per heavy atom. The molecule has 0 atom stereocenters. The second-order valence-corrected chi connectivity index (χ2v) is 6.99. The van der Waals surface area contributed by atoms with Crippen molar-refractivity contribution >= 4 is 53.9 Å². The molecule has 6 rings (SSSR count). The summed E-state index contributed by atoms with van der Waals surface area (Å²) in [5.41, 5.74) is 1.37. The summed E-state index contributed by atoms with van der Waals surface area (Å²) in [6.45, 7) is 3.96. The van der Waals surface area contributed by atoms with E-state index in [4.69, 9.17) is 0 Å². The highest BCUT2D eigenvalue weighted by Crippen LogP contribution is 2.45. The predicted molar refractivity (Wildman–Crippen MR) is 110 cm³/mol. The van der Waals surface area contributed by atoms with Gasteiger partial charge in [0.25, 0.3) is 0 Å². The molecule has 25 heavy (non-hydrogen) atoms. The first-order valence-electron chi connectivity index (χ1n) is 8.81. The Morgan fingerprint density at radius 3 is 1.96 bits per heavy atom. The molecule has 0 bridgehead atoms. The zero-order valence-electron chi connectivity index (χ0n) is 13.8. The van der Waals surface area contributed by atoms with Crippen LogP contribution >= 0.6 is 0 Å². The van der Waals surface area contributed by atoms with Crippen molar-refractivity contribution in [3.8, 4) is 0 Å². The van der Waals surface area contributed by atoms with Gasteiger partial charge in [0.15, 0.2) is 0 Å². The zero-order chi connectivity index (χ0) is 16.5. The summed E-state index contributed by atoms with van der Waals surface area (Å²) in [5, 5.41) is 13.7. The van der Waals surface area contributed by atoms with E-state index < -0.39 is 0 Å². The fraction of sp³-hybridized carbons (Fsp3) is 0.0400. The molecule has 0 aliphatic heterocycles. The number of allylic oxidation sites excluding steroid dienone is 1. The molecule has 6 aromatic rings.